The Morgan fingerprint density at radius 3 is 3.15 bits per heavy atom. The summed E-state index contributed by atoms with van der Waals surface area (Å²) in [4.78, 5) is 16.0. The van der Waals surface area contributed by atoms with Crippen LogP contribution < -0.4 is 5.32 Å². The van der Waals surface area contributed by atoms with Gasteiger partial charge in [0.15, 0.2) is 0 Å². The number of pyridine rings is 1. The van der Waals surface area contributed by atoms with E-state index < -0.39 is 0 Å². The molecule has 3 rings (SSSR count). The average molecular weight is 355 g/mol. The van der Waals surface area contributed by atoms with Gasteiger partial charge in [-0.15, -0.1) is 10.2 Å². The third kappa shape index (κ3) is 2.87. The highest BCUT2D eigenvalue weighted by Gasteiger charge is 2.22. The number of carbonyl (C=O) groups is 1. The van der Waals surface area contributed by atoms with Crippen LogP contribution in [-0.4, -0.2) is 34.3 Å². The third-order valence-electron chi connectivity index (χ3n) is 2.96. The van der Waals surface area contributed by atoms with Crippen LogP contribution in [0, 0.1) is 0 Å². The second kappa shape index (κ2) is 5.94. The van der Waals surface area contributed by atoms with Crippen LogP contribution in [-0.2, 0) is 4.74 Å². The van der Waals surface area contributed by atoms with E-state index in [2.05, 4.69) is 36.4 Å². The van der Waals surface area contributed by atoms with Crippen molar-refractivity contribution >= 4 is 38.3 Å². The molecule has 1 N–H and O–H groups in total. The molecule has 8 heteroatoms. The smallest absolute Gasteiger partial charge is 0.258 e. The van der Waals surface area contributed by atoms with Gasteiger partial charge in [0, 0.05) is 29.4 Å². The average Bonchev–Trinajstić information content (AvgIpc) is 3.09. The Labute approximate surface area is 127 Å². The summed E-state index contributed by atoms with van der Waals surface area (Å²) < 4.78 is 5.97. The molecule has 1 amide bonds. The number of nitrogens with zero attached hydrogens (tertiary/aromatic N) is 3. The zero-order chi connectivity index (χ0) is 13.9. The van der Waals surface area contributed by atoms with Crippen molar-refractivity contribution in [1.82, 2.24) is 15.2 Å². The molecule has 1 unspecified atom stereocenters. The second-order valence-electron chi connectivity index (χ2n) is 4.32. The summed E-state index contributed by atoms with van der Waals surface area (Å²) in [6.45, 7) is 1.44. The molecule has 1 saturated heterocycles. The standard InChI is InChI=1S/C12H11BrN4O2S/c13-9-5-14-3-1-8(9)10(18)15-12-17-16-11(20-12)7-2-4-19-6-7/h1,3,5,7H,2,4,6H2,(H,15,17,18). The molecule has 0 aliphatic carbocycles. The number of anilines is 1. The summed E-state index contributed by atoms with van der Waals surface area (Å²) in [5, 5.41) is 12.3. The van der Waals surface area contributed by atoms with Crippen LogP contribution in [0.1, 0.15) is 27.7 Å². The molecule has 3 heterocycles. The van der Waals surface area contributed by atoms with Gasteiger partial charge in [-0.3, -0.25) is 15.1 Å². The zero-order valence-corrected chi connectivity index (χ0v) is 12.8. The second-order valence-corrected chi connectivity index (χ2v) is 6.18. The van der Waals surface area contributed by atoms with Crippen molar-refractivity contribution in [1.29, 1.82) is 0 Å². The summed E-state index contributed by atoms with van der Waals surface area (Å²) in [5.41, 5.74) is 0.515. The first-order chi connectivity index (χ1) is 9.74. The molecular formula is C12H11BrN4O2S. The number of hydrogen-bond donors (Lipinski definition) is 1. The Balaban J connectivity index is 1.72. The normalized spacial score (nSPS) is 18.1. The highest BCUT2D eigenvalue weighted by molar-refractivity contribution is 9.10. The van der Waals surface area contributed by atoms with Crippen LogP contribution in [0.25, 0.3) is 0 Å². The molecule has 0 radical (unpaired) electrons. The maximum Gasteiger partial charge on any atom is 0.258 e. The molecule has 1 atom stereocenters. The van der Waals surface area contributed by atoms with E-state index in [-0.39, 0.29) is 5.91 Å². The van der Waals surface area contributed by atoms with E-state index >= 15 is 0 Å². The van der Waals surface area contributed by atoms with E-state index in [1.807, 2.05) is 0 Å². The van der Waals surface area contributed by atoms with Crippen molar-refractivity contribution in [3.05, 3.63) is 33.5 Å². The molecule has 20 heavy (non-hydrogen) atoms. The SMILES string of the molecule is O=C(Nc1nnc(C2CCOC2)s1)c1ccncc1Br. The first-order valence-electron chi connectivity index (χ1n) is 6.06. The molecule has 2 aromatic heterocycles. The molecule has 0 saturated carbocycles. The Morgan fingerprint density at radius 1 is 1.50 bits per heavy atom. The molecule has 2 aromatic rings. The molecule has 1 aliphatic rings. The largest absolute Gasteiger partial charge is 0.381 e. The van der Waals surface area contributed by atoms with Crippen molar-refractivity contribution in [2.75, 3.05) is 18.5 Å². The summed E-state index contributed by atoms with van der Waals surface area (Å²) in [6.07, 6.45) is 4.11. The number of nitrogens with one attached hydrogen (secondary N) is 1. The van der Waals surface area contributed by atoms with Crippen molar-refractivity contribution in [3.8, 4) is 0 Å². The van der Waals surface area contributed by atoms with E-state index in [0.717, 1.165) is 18.0 Å². The number of hydrogen-bond acceptors (Lipinski definition) is 6. The van der Waals surface area contributed by atoms with Crippen LogP contribution in [0.3, 0.4) is 0 Å². The maximum absolute atomic E-state index is 12.1. The number of halogens is 1. The highest BCUT2D eigenvalue weighted by Crippen LogP contribution is 2.29. The predicted octanol–water partition coefficient (Wildman–Crippen LogP) is 2.45. The van der Waals surface area contributed by atoms with Gasteiger partial charge in [0.2, 0.25) is 5.13 Å². The van der Waals surface area contributed by atoms with Crippen molar-refractivity contribution in [2.45, 2.75) is 12.3 Å². The fourth-order valence-corrected chi connectivity index (χ4v) is 3.19. The van der Waals surface area contributed by atoms with Gasteiger partial charge < -0.3 is 4.74 Å². The van der Waals surface area contributed by atoms with E-state index in [0.29, 0.717) is 27.7 Å². The van der Waals surface area contributed by atoms with Gasteiger partial charge in [0.05, 0.1) is 12.2 Å². The van der Waals surface area contributed by atoms with Gasteiger partial charge in [0.25, 0.3) is 5.91 Å². The van der Waals surface area contributed by atoms with Gasteiger partial charge >= 0.3 is 0 Å². The summed E-state index contributed by atoms with van der Waals surface area (Å²) in [6, 6.07) is 1.65. The fourth-order valence-electron chi connectivity index (χ4n) is 1.90. The van der Waals surface area contributed by atoms with Gasteiger partial charge in [-0.1, -0.05) is 11.3 Å². The molecule has 6 nitrogen and oxygen atoms in total. The Kier molecular flexibility index (Phi) is 4.04. The molecule has 1 aliphatic heterocycles. The first kappa shape index (κ1) is 13.6. The number of rotatable bonds is 3. The summed E-state index contributed by atoms with van der Waals surface area (Å²) >= 11 is 4.69. The van der Waals surface area contributed by atoms with Crippen LogP contribution in [0.2, 0.25) is 0 Å². The molecule has 0 aromatic carbocycles. The number of ether oxygens (including phenoxy) is 1. The number of carbonyl (C=O) groups excluding carboxylic acids is 1. The van der Waals surface area contributed by atoms with Crippen LogP contribution in [0.5, 0.6) is 0 Å². The van der Waals surface area contributed by atoms with Crippen molar-refractivity contribution in [3.63, 3.8) is 0 Å². The predicted molar refractivity (Wildman–Crippen MR) is 78.0 cm³/mol. The van der Waals surface area contributed by atoms with Gasteiger partial charge in [-0.05, 0) is 28.4 Å². The summed E-state index contributed by atoms with van der Waals surface area (Å²) in [7, 11) is 0. The quantitative estimate of drug-likeness (QED) is 0.915. The zero-order valence-electron chi connectivity index (χ0n) is 10.4. The number of aromatic nitrogens is 3. The van der Waals surface area contributed by atoms with Crippen molar-refractivity contribution in [2.24, 2.45) is 0 Å². The first-order valence-corrected chi connectivity index (χ1v) is 7.67. The van der Waals surface area contributed by atoms with Crippen molar-refractivity contribution < 1.29 is 9.53 Å². The highest BCUT2D eigenvalue weighted by atomic mass is 79.9. The fraction of sp³-hybridized carbons (Fsp3) is 0.333. The Hall–Kier alpha value is -1.38. The third-order valence-corrected chi connectivity index (χ3v) is 4.59. The topological polar surface area (TPSA) is 77.0 Å². The lowest BCUT2D eigenvalue weighted by Crippen LogP contribution is -2.12. The maximum atomic E-state index is 12.1. The molecule has 104 valence electrons. The molecular weight excluding hydrogens is 344 g/mol. The molecule has 0 bridgehead atoms. The minimum absolute atomic E-state index is 0.232. The molecule has 0 spiro atoms. The van der Waals surface area contributed by atoms with Crippen LogP contribution in [0.15, 0.2) is 22.9 Å². The summed E-state index contributed by atoms with van der Waals surface area (Å²) in [5.74, 6) is 0.0652. The lowest BCUT2D eigenvalue weighted by Gasteiger charge is -2.02. The minimum atomic E-state index is -0.232. The monoisotopic (exact) mass is 354 g/mol. The lowest BCUT2D eigenvalue weighted by atomic mass is 10.1. The Morgan fingerprint density at radius 2 is 2.40 bits per heavy atom. The van der Waals surface area contributed by atoms with E-state index in [4.69, 9.17) is 4.74 Å². The van der Waals surface area contributed by atoms with Gasteiger partial charge in [0.1, 0.15) is 5.01 Å². The molecule has 1 fully saturated rings. The van der Waals surface area contributed by atoms with E-state index in [1.165, 1.54) is 11.3 Å². The van der Waals surface area contributed by atoms with Gasteiger partial charge in [-0.2, -0.15) is 0 Å². The number of amides is 1. The van der Waals surface area contributed by atoms with Gasteiger partial charge in [-0.25, -0.2) is 0 Å². The van der Waals surface area contributed by atoms with Crippen LogP contribution >= 0.6 is 27.3 Å². The van der Waals surface area contributed by atoms with E-state index in [9.17, 15) is 4.79 Å². The minimum Gasteiger partial charge on any atom is -0.381 e. The lowest BCUT2D eigenvalue weighted by molar-refractivity contribution is 0.102. The van der Waals surface area contributed by atoms with E-state index in [1.54, 1.807) is 18.5 Å². The Bertz CT molecular complexity index is 627. The van der Waals surface area contributed by atoms with Crippen LogP contribution in [0.4, 0.5) is 5.13 Å².